The summed E-state index contributed by atoms with van der Waals surface area (Å²) < 4.78 is 13.4. The minimum absolute atomic E-state index is 0.00247. The van der Waals surface area contributed by atoms with E-state index in [1.807, 2.05) is 6.92 Å². The van der Waals surface area contributed by atoms with Crippen LogP contribution in [-0.4, -0.2) is 45.5 Å². The molecule has 18 heavy (non-hydrogen) atoms. The summed E-state index contributed by atoms with van der Waals surface area (Å²) in [6, 6.07) is 0. The van der Waals surface area contributed by atoms with Crippen LogP contribution in [0.3, 0.4) is 0 Å². The predicted molar refractivity (Wildman–Crippen MR) is 67.0 cm³/mol. The molecule has 0 aliphatic rings. The van der Waals surface area contributed by atoms with Crippen LogP contribution in [0.2, 0.25) is 0 Å². The highest BCUT2D eigenvalue weighted by atomic mass is 19.1. The molecule has 1 aromatic rings. The van der Waals surface area contributed by atoms with Crippen molar-refractivity contribution in [2.45, 2.75) is 25.9 Å². The first kappa shape index (κ1) is 14.6. The second-order valence-electron chi connectivity index (χ2n) is 4.33. The Hall–Kier alpha value is -1.47. The number of nitrogens with zero attached hydrogens (tertiary/aromatic N) is 2. The van der Waals surface area contributed by atoms with Gasteiger partial charge in [-0.25, -0.2) is 9.37 Å². The van der Waals surface area contributed by atoms with Gasteiger partial charge < -0.3 is 20.8 Å². The highest BCUT2D eigenvalue weighted by molar-refractivity contribution is 5.41. The van der Waals surface area contributed by atoms with E-state index in [0.29, 0.717) is 12.5 Å². The first-order valence-electron chi connectivity index (χ1n) is 5.82. The number of hydrogen-bond acceptors (Lipinski definition) is 6. The van der Waals surface area contributed by atoms with Crippen LogP contribution in [0.25, 0.3) is 0 Å². The van der Waals surface area contributed by atoms with Gasteiger partial charge in [-0.15, -0.1) is 0 Å². The fourth-order valence-corrected chi connectivity index (χ4v) is 1.14. The van der Waals surface area contributed by atoms with Gasteiger partial charge in [0.25, 0.3) is 0 Å². The highest BCUT2D eigenvalue weighted by Gasteiger charge is 2.19. The third-order valence-electron chi connectivity index (χ3n) is 2.25. The van der Waals surface area contributed by atoms with Crippen LogP contribution in [0.4, 0.5) is 16.2 Å². The normalized spacial score (nSPS) is 14.1. The van der Waals surface area contributed by atoms with Crippen molar-refractivity contribution >= 4 is 11.8 Å². The second kappa shape index (κ2) is 6.46. The Kier molecular flexibility index (Phi) is 5.24. The molecule has 0 fully saturated rings. The van der Waals surface area contributed by atoms with Crippen LogP contribution in [0.1, 0.15) is 20.3 Å². The number of nitrogens with one attached hydrogen (secondary N) is 2. The van der Waals surface area contributed by atoms with E-state index >= 15 is 0 Å². The standard InChI is InChI=1S/C11H19FN4O2/c1-3-4-13-10-14-5-8(12)9(16-10)15-6-11(2,18)7-17/h5,17-18H,3-4,6-7H2,1-2H3,(H2,13,14,15,16). The zero-order valence-electron chi connectivity index (χ0n) is 10.6. The zero-order chi connectivity index (χ0) is 13.6. The molecule has 0 saturated carbocycles. The Morgan fingerprint density at radius 2 is 2.17 bits per heavy atom. The van der Waals surface area contributed by atoms with Gasteiger partial charge in [-0.05, 0) is 13.3 Å². The molecule has 0 aliphatic heterocycles. The predicted octanol–water partition coefficient (Wildman–Crippen LogP) is 0.593. The van der Waals surface area contributed by atoms with Crippen LogP contribution in [0.15, 0.2) is 6.20 Å². The molecule has 0 radical (unpaired) electrons. The van der Waals surface area contributed by atoms with Crippen molar-refractivity contribution in [1.29, 1.82) is 0 Å². The number of hydrogen-bond donors (Lipinski definition) is 4. The van der Waals surface area contributed by atoms with Gasteiger partial charge in [0, 0.05) is 13.1 Å². The number of rotatable bonds is 7. The lowest BCUT2D eigenvalue weighted by Crippen LogP contribution is -2.37. The summed E-state index contributed by atoms with van der Waals surface area (Å²) in [7, 11) is 0. The molecule has 0 bridgehead atoms. The van der Waals surface area contributed by atoms with Crippen LogP contribution in [0, 0.1) is 5.82 Å². The number of halogens is 1. The molecule has 1 heterocycles. The van der Waals surface area contributed by atoms with Gasteiger partial charge in [-0.1, -0.05) is 6.92 Å². The molecule has 1 rings (SSSR count). The van der Waals surface area contributed by atoms with Gasteiger partial charge in [-0.3, -0.25) is 0 Å². The fraction of sp³-hybridized carbons (Fsp3) is 0.636. The molecule has 4 N–H and O–H groups in total. The molecule has 0 spiro atoms. The third-order valence-corrected chi connectivity index (χ3v) is 2.25. The minimum Gasteiger partial charge on any atom is -0.393 e. The zero-order valence-corrected chi connectivity index (χ0v) is 10.6. The first-order chi connectivity index (χ1) is 8.48. The maximum Gasteiger partial charge on any atom is 0.224 e. The van der Waals surface area contributed by atoms with Gasteiger partial charge in [0.1, 0.15) is 5.60 Å². The highest BCUT2D eigenvalue weighted by Crippen LogP contribution is 2.13. The molecule has 1 unspecified atom stereocenters. The van der Waals surface area contributed by atoms with Crippen molar-refractivity contribution in [2.75, 3.05) is 30.3 Å². The Bertz CT molecular complexity index is 387. The number of aliphatic hydroxyl groups is 2. The Morgan fingerprint density at radius 3 is 2.78 bits per heavy atom. The third kappa shape index (κ3) is 4.42. The van der Waals surface area contributed by atoms with E-state index in [1.165, 1.54) is 6.92 Å². The van der Waals surface area contributed by atoms with Crippen molar-refractivity contribution in [2.24, 2.45) is 0 Å². The maximum absolute atomic E-state index is 13.4. The summed E-state index contributed by atoms with van der Waals surface area (Å²) in [6.07, 6.45) is 1.96. The Labute approximate surface area is 105 Å². The van der Waals surface area contributed by atoms with Crippen LogP contribution in [0.5, 0.6) is 0 Å². The van der Waals surface area contributed by atoms with Crippen LogP contribution in [-0.2, 0) is 0 Å². The van der Waals surface area contributed by atoms with E-state index in [-0.39, 0.29) is 12.4 Å². The average molecular weight is 258 g/mol. The van der Waals surface area contributed by atoms with E-state index in [4.69, 9.17) is 5.11 Å². The largest absolute Gasteiger partial charge is 0.393 e. The molecule has 6 nitrogen and oxygen atoms in total. The van der Waals surface area contributed by atoms with Gasteiger partial charge in [0.05, 0.1) is 12.8 Å². The van der Waals surface area contributed by atoms with E-state index in [1.54, 1.807) is 0 Å². The van der Waals surface area contributed by atoms with Crippen LogP contribution < -0.4 is 10.6 Å². The molecule has 0 aromatic carbocycles. The molecule has 1 atom stereocenters. The summed E-state index contributed by atoms with van der Waals surface area (Å²) in [6.45, 7) is 3.70. The van der Waals surface area contributed by atoms with Crippen molar-refractivity contribution in [1.82, 2.24) is 9.97 Å². The Balaban J connectivity index is 2.69. The Morgan fingerprint density at radius 1 is 1.44 bits per heavy atom. The summed E-state index contributed by atoms with van der Waals surface area (Å²) in [4.78, 5) is 7.74. The quantitative estimate of drug-likeness (QED) is 0.572. The SMILES string of the molecule is CCCNc1ncc(F)c(NCC(C)(O)CO)n1. The van der Waals surface area contributed by atoms with Crippen molar-refractivity contribution in [3.8, 4) is 0 Å². The second-order valence-corrected chi connectivity index (χ2v) is 4.33. The maximum atomic E-state index is 13.4. The topological polar surface area (TPSA) is 90.3 Å². The van der Waals surface area contributed by atoms with E-state index < -0.39 is 18.0 Å². The minimum atomic E-state index is -1.32. The number of anilines is 2. The van der Waals surface area contributed by atoms with Gasteiger partial charge in [0.15, 0.2) is 11.6 Å². The summed E-state index contributed by atoms with van der Waals surface area (Å²) in [5.41, 5.74) is -1.32. The van der Waals surface area contributed by atoms with E-state index in [0.717, 1.165) is 12.6 Å². The number of aromatic nitrogens is 2. The van der Waals surface area contributed by atoms with Gasteiger partial charge >= 0.3 is 0 Å². The van der Waals surface area contributed by atoms with Gasteiger partial charge in [0.2, 0.25) is 5.95 Å². The van der Waals surface area contributed by atoms with E-state index in [2.05, 4.69) is 20.6 Å². The van der Waals surface area contributed by atoms with Crippen LogP contribution >= 0.6 is 0 Å². The summed E-state index contributed by atoms with van der Waals surface area (Å²) >= 11 is 0. The molecule has 7 heteroatoms. The fourth-order valence-electron chi connectivity index (χ4n) is 1.14. The smallest absolute Gasteiger partial charge is 0.224 e. The molecule has 0 amide bonds. The molecule has 1 aromatic heterocycles. The molecular weight excluding hydrogens is 239 g/mol. The van der Waals surface area contributed by atoms with Crippen molar-refractivity contribution in [3.05, 3.63) is 12.0 Å². The van der Waals surface area contributed by atoms with Gasteiger partial charge in [-0.2, -0.15) is 4.98 Å². The first-order valence-corrected chi connectivity index (χ1v) is 5.82. The lowest BCUT2D eigenvalue weighted by molar-refractivity contribution is 0.0131. The lowest BCUT2D eigenvalue weighted by atomic mass is 10.1. The van der Waals surface area contributed by atoms with E-state index in [9.17, 15) is 9.50 Å². The summed E-state index contributed by atoms with van der Waals surface area (Å²) in [5, 5.41) is 24.1. The monoisotopic (exact) mass is 258 g/mol. The lowest BCUT2D eigenvalue weighted by Gasteiger charge is -2.21. The number of aliphatic hydroxyl groups excluding tert-OH is 1. The molecule has 0 aliphatic carbocycles. The molecular formula is C11H19FN4O2. The molecule has 0 saturated heterocycles. The molecule has 102 valence electrons. The van der Waals surface area contributed by atoms with Crippen molar-refractivity contribution < 1.29 is 14.6 Å². The average Bonchev–Trinajstić information content (AvgIpc) is 2.36. The van der Waals surface area contributed by atoms with Crippen molar-refractivity contribution in [3.63, 3.8) is 0 Å². The summed E-state index contributed by atoms with van der Waals surface area (Å²) in [5.74, 6) is -0.285.